The lowest BCUT2D eigenvalue weighted by molar-refractivity contribution is -0.137. The second-order valence-electron chi connectivity index (χ2n) is 4.06. The SMILES string of the molecule is CC1CN(C(=O)Cc2nc(CCl)cs2)CCO1. The van der Waals surface area contributed by atoms with Gasteiger partial charge in [0.05, 0.1) is 30.7 Å². The third-order valence-corrected chi connectivity index (χ3v) is 3.80. The summed E-state index contributed by atoms with van der Waals surface area (Å²) in [4.78, 5) is 18.1. The topological polar surface area (TPSA) is 42.4 Å². The Bertz CT molecular complexity index is 397. The highest BCUT2D eigenvalue weighted by Crippen LogP contribution is 2.14. The quantitative estimate of drug-likeness (QED) is 0.788. The van der Waals surface area contributed by atoms with Crippen molar-refractivity contribution in [3.05, 3.63) is 16.1 Å². The van der Waals surface area contributed by atoms with Crippen molar-refractivity contribution in [2.75, 3.05) is 19.7 Å². The molecule has 0 aliphatic carbocycles. The number of thiazole rings is 1. The van der Waals surface area contributed by atoms with Gasteiger partial charge < -0.3 is 9.64 Å². The molecule has 2 heterocycles. The third kappa shape index (κ3) is 3.40. The van der Waals surface area contributed by atoms with Crippen molar-refractivity contribution in [2.24, 2.45) is 0 Å². The van der Waals surface area contributed by atoms with E-state index in [1.807, 2.05) is 17.2 Å². The average molecular weight is 275 g/mol. The van der Waals surface area contributed by atoms with Gasteiger partial charge in [0.25, 0.3) is 0 Å². The summed E-state index contributed by atoms with van der Waals surface area (Å²) in [5.41, 5.74) is 0.842. The van der Waals surface area contributed by atoms with E-state index >= 15 is 0 Å². The number of hydrogen-bond acceptors (Lipinski definition) is 4. The van der Waals surface area contributed by atoms with Gasteiger partial charge in [-0.05, 0) is 6.92 Å². The number of rotatable bonds is 3. The predicted molar refractivity (Wildman–Crippen MR) is 67.4 cm³/mol. The van der Waals surface area contributed by atoms with Gasteiger partial charge >= 0.3 is 0 Å². The molecule has 1 aliphatic rings. The fraction of sp³-hybridized carbons (Fsp3) is 0.636. The second-order valence-corrected chi connectivity index (χ2v) is 5.27. The summed E-state index contributed by atoms with van der Waals surface area (Å²) >= 11 is 7.17. The number of carbonyl (C=O) groups is 1. The Morgan fingerprint density at radius 1 is 1.76 bits per heavy atom. The van der Waals surface area contributed by atoms with Crippen molar-refractivity contribution < 1.29 is 9.53 Å². The van der Waals surface area contributed by atoms with Crippen molar-refractivity contribution in [1.29, 1.82) is 0 Å². The number of ether oxygens (including phenoxy) is 1. The minimum Gasteiger partial charge on any atom is -0.375 e. The van der Waals surface area contributed by atoms with E-state index in [4.69, 9.17) is 16.3 Å². The van der Waals surface area contributed by atoms with Crippen molar-refractivity contribution in [2.45, 2.75) is 25.3 Å². The number of alkyl halides is 1. The minimum absolute atomic E-state index is 0.121. The Labute approximate surface area is 110 Å². The Morgan fingerprint density at radius 2 is 2.59 bits per heavy atom. The molecular weight excluding hydrogens is 260 g/mol. The van der Waals surface area contributed by atoms with Crippen LogP contribution >= 0.6 is 22.9 Å². The number of carbonyl (C=O) groups excluding carboxylic acids is 1. The average Bonchev–Trinajstić information content (AvgIpc) is 2.77. The van der Waals surface area contributed by atoms with E-state index in [2.05, 4.69) is 4.98 Å². The van der Waals surface area contributed by atoms with Crippen LogP contribution in [0.25, 0.3) is 0 Å². The molecule has 0 saturated carbocycles. The van der Waals surface area contributed by atoms with E-state index in [9.17, 15) is 4.79 Å². The van der Waals surface area contributed by atoms with Crippen LogP contribution < -0.4 is 0 Å². The number of nitrogens with zero attached hydrogens (tertiary/aromatic N) is 2. The second kappa shape index (κ2) is 5.80. The van der Waals surface area contributed by atoms with Gasteiger partial charge in [-0.25, -0.2) is 4.98 Å². The molecule has 6 heteroatoms. The highest BCUT2D eigenvalue weighted by atomic mass is 35.5. The van der Waals surface area contributed by atoms with E-state index < -0.39 is 0 Å². The monoisotopic (exact) mass is 274 g/mol. The maximum atomic E-state index is 12.0. The van der Waals surface area contributed by atoms with Gasteiger partial charge in [-0.3, -0.25) is 4.79 Å². The molecule has 1 atom stereocenters. The van der Waals surface area contributed by atoms with E-state index in [0.29, 0.717) is 32.0 Å². The molecule has 0 spiro atoms. The highest BCUT2D eigenvalue weighted by molar-refractivity contribution is 7.09. The first-order valence-corrected chi connectivity index (χ1v) is 6.99. The highest BCUT2D eigenvalue weighted by Gasteiger charge is 2.22. The maximum absolute atomic E-state index is 12.0. The Morgan fingerprint density at radius 3 is 3.24 bits per heavy atom. The summed E-state index contributed by atoms with van der Waals surface area (Å²) in [6.45, 7) is 3.95. The van der Waals surface area contributed by atoms with Crippen molar-refractivity contribution in [3.63, 3.8) is 0 Å². The zero-order valence-electron chi connectivity index (χ0n) is 9.69. The van der Waals surface area contributed by atoms with Crippen LogP contribution in [0.2, 0.25) is 0 Å². The van der Waals surface area contributed by atoms with Crippen LogP contribution in [0.5, 0.6) is 0 Å². The molecule has 94 valence electrons. The van der Waals surface area contributed by atoms with E-state index in [1.54, 1.807) is 0 Å². The lowest BCUT2D eigenvalue weighted by Crippen LogP contribution is -2.45. The molecule has 1 unspecified atom stereocenters. The summed E-state index contributed by atoms with van der Waals surface area (Å²) in [7, 11) is 0. The van der Waals surface area contributed by atoms with Crippen LogP contribution in [0, 0.1) is 0 Å². The molecular formula is C11H15ClN2O2S. The molecule has 1 amide bonds. The number of amides is 1. The molecule has 0 aromatic carbocycles. The van der Waals surface area contributed by atoms with Gasteiger partial charge in [0.15, 0.2) is 0 Å². The van der Waals surface area contributed by atoms with E-state index in [1.165, 1.54) is 11.3 Å². The number of hydrogen-bond donors (Lipinski definition) is 0. The fourth-order valence-electron chi connectivity index (χ4n) is 1.78. The molecule has 0 N–H and O–H groups in total. The van der Waals surface area contributed by atoms with Crippen LogP contribution in [0.15, 0.2) is 5.38 Å². The zero-order valence-corrected chi connectivity index (χ0v) is 11.3. The van der Waals surface area contributed by atoms with Crippen LogP contribution in [0.3, 0.4) is 0 Å². The molecule has 4 nitrogen and oxygen atoms in total. The molecule has 1 saturated heterocycles. The van der Waals surface area contributed by atoms with Gasteiger partial charge in [0, 0.05) is 18.5 Å². The van der Waals surface area contributed by atoms with E-state index in [-0.39, 0.29) is 12.0 Å². The summed E-state index contributed by atoms with van der Waals surface area (Å²) in [5, 5.41) is 2.74. The van der Waals surface area contributed by atoms with Crippen LogP contribution in [0.4, 0.5) is 0 Å². The molecule has 0 bridgehead atoms. The van der Waals surface area contributed by atoms with Crippen molar-refractivity contribution in [1.82, 2.24) is 9.88 Å². The first-order valence-electron chi connectivity index (χ1n) is 5.57. The Kier molecular flexibility index (Phi) is 4.36. The lowest BCUT2D eigenvalue weighted by Gasteiger charge is -2.31. The zero-order chi connectivity index (χ0) is 12.3. The molecule has 1 aromatic rings. The minimum atomic E-state index is 0.121. The van der Waals surface area contributed by atoms with Gasteiger partial charge in [-0.15, -0.1) is 22.9 Å². The van der Waals surface area contributed by atoms with Crippen LogP contribution in [0.1, 0.15) is 17.6 Å². The molecule has 1 fully saturated rings. The van der Waals surface area contributed by atoms with Gasteiger partial charge in [-0.1, -0.05) is 0 Å². The maximum Gasteiger partial charge on any atom is 0.229 e. The summed E-state index contributed by atoms with van der Waals surface area (Å²) in [6, 6.07) is 0. The number of aromatic nitrogens is 1. The first kappa shape index (κ1) is 12.8. The molecule has 1 aromatic heterocycles. The number of halogens is 1. The first-order chi connectivity index (χ1) is 8.19. The summed E-state index contributed by atoms with van der Waals surface area (Å²) in [6.07, 6.45) is 0.497. The van der Waals surface area contributed by atoms with Gasteiger partial charge in [0.2, 0.25) is 5.91 Å². The largest absolute Gasteiger partial charge is 0.375 e. The smallest absolute Gasteiger partial charge is 0.229 e. The Balaban J connectivity index is 1.91. The van der Waals surface area contributed by atoms with Crippen molar-refractivity contribution in [3.8, 4) is 0 Å². The fourth-order valence-corrected chi connectivity index (χ4v) is 2.79. The lowest BCUT2D eigenvalue weighted by atomic mass is 10.2. The standard InChI is InChI=1S/C11H15ClN2O2S/c1-8-6-14(2-3-16-8)11(15)4-10-13-9(5-12)7-17-10/h7-8H,2-6H2,1H3. The van der Waals surface area contributed by atoms with E-state index in [0.717, 1.165) is 10.7 Å². The number of morpholine rings is 1. The molecule has 2 rings (SSSR count). The normalized spacial score (nSPS) is 20.6. The molecule has 0 radical (unpaired) electrons. The third-order valence-electron chi connectivity index (χ3n) is 2.63. The molecule has 17 heavy (non-hydrogen) atoms. The van der Waals surface area contributed by atoms with Crippen molar-refractivity contribution >= 4 is 28.8 Å². The van der Waals surface area contributed by atoms with Gasteiger partial charge in [-0.2, -0.15) is 0 Å². The Hall–Kier alpha value is -0.650. The summed E-state index contributed by atoms with van der Waals surface area (Å²) < 4.78 is 5.41. The van der Waals surface area contributed by atoms with Gasteiger partial charge in [0.1, 0.15) is 5.01 Å². The summed E-state index contributed by atoms with van der Waals surface area (Å²) in [5.74, 6) is 0.523. The van der Waals surface area contributed by atoms with Crippen LogP contribution in [-0.4, -0.2) is 41.6 Å². The molecule has 1 aliphatic heterocycles. The predicted octanol–water partition coefficient (Wildman–Crippen LogP) is 1.67. The van der Waals surface area contributed by atoms with Crippen LogP contribution in [-0.2, 0) is 21.8 Å².